The lowest BCUT2D eigenvalue weighted by Crippen LogP contribution is -2.51. The van der Waals surface area contributed by atoms with E-state index in [-0.39, 0.29) is 11.7 Å². The second kappa shape index (κ2) is 9.32. The quantitative estimate of drug-likeness (QED) is 0.686. The number of nitrogens with zero attached hydrogens (tertiary/aromatic N) is 3. The van der Waals surface area contributed by atoms with E-state index in [2.05, 4.69) is 22.4 Å². The van der Waals surface area contributed by atoms with E-state index in [1.165, 1.54) is 15.6 Å². The highest BCUT2D eigenvalue weighted by molar-refractivity contribution is 7.89. The largest absolute Gasteiger partial charge is 0.300 e. The van der Waals surface area contributed by atoms with E-state index in [0.29, 0.717) is 31.1 Å². The molecule has 9 heteroatoms. The number of carbonyl (C=O) groups excluding carboxylic acids is 1. The van der Waals surface area contributed by atoms with Crippen molar-refractivity contribution in [1.29, 1.82) is 0 Å². The molecule has 0 radical (unpaired) electrons. The number of unbranched alkanes of at least 4 members (excludes halogenated alkanes) is 1. The van der Waals surface area contributed by atoms with Crippen molar-refractivity contribution >= 4 is 32.4 Å². The van der Waals surface area contributed by atoms with E-state index >= 15 is 0 Å². The van der Waals surface area contributed by atoms with Gasteiger partial charge < -0.3 is 0 Å². The molecule has 1 aliphatic rings. The first-order chi connectivity index (χ1) is 13.9. The Morgan fingerprint density at radius 3 is 2.48 bits per heavy atom. The Labute approximate surface area is 176 Å². The summed E-state index contributed by atoms with van der Waals surface area (Å²) in [5.74, 6) is -0.0708. The molecule has 1 saturated heterocycles. The van der Waals surface area contributed by atoms with Gasteiger partial charge in [-0.2, -0.15) is 0 Å². The zero-order chi connectivity index (χ0) is 20.9. The Balaban J connectivity index is 1.81. The lowest BCUT2D eigenvalue weighted by atomic mass is 9.72. The Morgan fingerprint density at radius 1 is 1.17 bits per heavy atom. The van der Waals surface area contributed by atoms with Gasteiger partial charge in [0.1, 0.15) is 5.01 Å². The molecule has 0 aliphatic carbocycles. The van der Waals surface area contributed by atoms with Crippen molar-refractivity contribution in [2.45, 2.75) is 51.4 Å². The van der Waals surface area contributed by atoms with Gasteiger partial charge in [-0.05, 0) is 31.7 Å². The van der Waals surface area contributed by atoms with Crippen LogP contribution in [0.2, 0.25) is 0 Å². The summed E-state index contributed by atoms with van der Waals surface area (Å²) in [5, 5.41) is 12.7. The number of anilines is 1. The van der Waals surface area contributed by atoms with Crippen LogP contribution in [0.25, 0.3) is 0 Å². The predicted octanol–water partition coefficient (Wildman–Crippen LogP) is 3.20. The summed E-state index contributed by atoms with van der Waals surface area (Å²) in [7, 11) is -3.26. The Bertz CT molecular complexity index is 920. The summed E-state index contributed by atoms with van der Waals surface area (Å²) in [6.45, 7) is 4.43. The maximum Gasteiger partial charge on any atom is 0.236 e. The molecule has 29 heavy (non-hydrogen) atoms. The van der Waals surface area contributed by atoms with Gasteiger partial charge in [-0.1, -0.05) is 55.0 Å². The van der Waals surface area contributed by atoms with Crippen molar-refractivity contribution in [3.05, 3.63) is 40.9 Å². The van der Waals surface area contributed by atoms with Crippen LogP contribution in [-0.2, 0) is 26.7 Å². The molecule has 1 aromatic heterocycles. The molecule has 7 nitrogen and oxygen atoms in total. The van der Waals surface area contributed by atoms with E-state index < -0.39 is 15.4 Å². The SMILES string of the molecule is CCCCc1nnc(NC(=O)C2(c3ccccc3)CCN(S(=O)(=O)CC)CC2)s1. The monoisotopic (exact) mass is 436 g/mol. The third kappa shape index (κ3) is 4.84. The van der Waals surface area contributed by atoms with Crippen LogP contribution in [-0.4, -0.2) is 47.7 Å². The predicted molar refractivity (Wildman–Crippen MR) is 116 cm³/mol. The molecule has 2 heterocycles. The highest BCUT2D eigenvalue weighted by Gasteiger charge is 2.45. The lowest BCUT2D eigenvalue weighted by molar-refractivity contribution is -0.123. The minimum atomic E-state index is -3.26. The van der Waals surface area contributed by atoms with Gasteiger partial charge in [0.2, 0.25) is 21.1 Å². The molecule has 1 amide bonds. The summed E-state index contributed by atoms with van der Waals surface area (Å²) >= 11 is 1.41. The van der Waals surface area contributed by atoms with Crippen LogP contribution in [0.1, 0.15) is 50.1 Å². The molecule has 1 N–H and O–H groups in total. The number of piperidine rings is 1. The Morgan fingerprint density at radius 2 is 1.86 bits per heavy atom. The maximum absolute atomic E-state index is 13.4. The van der Waals surface area contributed by atoms with Crippen LogP contribution in [0.3, 0.4) is 0 Å². The topological polar surface area (TPSA) is 92.3 Å². The summed E-state index contributed by atoms with van der Waals surface area (Å²) in [5.41, 5.74) is 0.123. The van der Waals surface area contributed by atoms with E-state index in [9.17, 15) is 13.2 Å². The van der Waals surface area contributed by atoms with Gasteiger partial charge in [0.25, 0.3) is 0 Å². The second-order valence-corrected chi connectivity index (χ2v) is 10.6. The normalized spacial score (nSPS) is 17.2. The standard InChI is InChI=1S/C20H28N4O3S2/c1-3-5-11-17-22-23-19(28-17)21-18(25)20(16-9-7-6-8-10-16)12-14-24(15-13-20)29(26,27)4-2/h6-10H,3-5,11-15H2,1-2H3,(H,21,23,25). The smallest absolute Gasteiger partial charge is 0.236 e. The molecule has 1 aromatic carbocycles. The van der Waals surface area contributed by atoms with E-state index in [4.69, 9.17) is 0 Å². The molecule has 3 rings (SSSR count). The molecule has 1 fully saturated rings. The summed E-state index contributed by atoms with van der Waals surface area (Å²) in [6, 6.07) is 9.61. The average Bonchev–Trinajstić information content (AvgIpc) is 3.20. The molecular formula is C20H28N4O3S2. The number of aryl methyl sites for hydroxylation is 1. The van der Waals surface area contributed by atoms with Crippen molar-refractivity contribution in [2.24, 2.45) is 0 Å². The summed E-state index contributed by atoms with van der Waals surface area (Å²) in [6.07, 6.45) is 3.85. The van der Waals surface area contributed by atoms with Gasteiger partial charge >= 0.3 is 0 Å². The molecule has 0 saturated carbocycles. The van der Waals surface area contributed by atoms with Gasteiger partial charge in [-0.15, -0.1) is 10.2 Å². The molecule has 158 valence electrons. The highest BCUT2D eigenvalue weighted by atomic mass is 32.2. The number of sulfonamides is 1. The van der Waals surface area contributed by atoms with Crippen molar-refractivity contribution in [1.82, 2.24) is 14.5 Å². The molecule has 2 aromatic rings. The van der Waals surface area contributed by atoms with Crippen molar-refractivity contribution in [3.63, 3.8) is 0 Å². The minimum Gasteiger partial charge on any atom is -0.300 e. The lowest BCUT2D eigenvalue weighted by Gasteiger charge is -2.40. The number of benzene rings is 1. The number of hydrogen-bond donors (Lipinski definition) is 1. The number of amides is 1. The number of nitrogens with one attached hydrogen (secondary N) is 1. The van der Waals surface area contributed by atoms with Crippen molar-refractivity contribution in [2.75, 3.05) is 24.2 Å². The number of aromatic nitrogens is 2. The van der Waals surface area contributed by atoms with E-state index in [0.717, 1.165) is 29.8 Å². The molecule has 0 spiro atoms. The molecule has 1 aliphatic heterocycles. The number of rotatable bonds is 8. The Kier molecular flexibility index (Phi) is 7.02. The molecular weight excluding hydrogens is 408 g/mol. The number of carbonyl (C=O) groups is 1. The third-order valence-electron chi connectivity index (χ3n) is 5.53. The van der Waals surface area contributed by atoms with Gasteiger partial charge in [0.15, 0.2) is 0 Å². The van der Waals surface area contributed by atoms with Crippen LogP contribution >= 0.6 is 11.3 Å². The first-order valence-corrected chi connectivity index (χ1v) is 12.5. The first kappa shape index (κ1) is 21.9. The average molecular weight is 437 g/mol. The van der Waals surface area contributed by atoms with Gasteiger partial charge in [-0.25, -0.2) is 12.7 Å². The van der Waals surface area contributed by atoms with Crippen molar-refractivity contribution < 1.29 is 13.2 Å². The van der Waals surface area contributed by atoms with E-state index in [1.807, 2.05) is 30.3 Å². The summed E-state index contributed by atoms with van der Waals surface area (Å²) in [4.78, 5) is 13.4. The zero-order valence-corrected chi connectivity index (χ0v) is 18.6. The summed E-state index contributed by atoms with van der Waals surface area (Å²) < 4.78 is 26.0. The van der Waals surface area contributed by atoms with Crippen LogP contribution in [0.4, 0.5) is 5.13 Å². The van der Waals surface area contributed by atoms with Crippen LogP contribution in [0.5, 0.6) is 0 Å². The van der Waals surface area contributed by atoms with Crippen LogP contribution in [0.15, 0.2) is 30.3 Å². The molecule has 0 unspecified atom stereocenters. The van der Waals surface area contributed by atoms with Gasteiger partial charge in [0, 0.05) is 19.5 Å². The highest BCUT2D eigenvalue weighted by Crippen LogP contribution is 2.38. The van der Waals surface area contributed by atoms with Crippen LogP contribution in [0, 0.1) is 0 Å². The molecule has 0 bridgehead atoms. The zero-order valence-electron chi connectivity index (χ0n) is 16.9. The fraction of sp³-hybridized carbons (Fsp3) is 0.550. The maximum atomic E-state index is 13.4. The third-order valence-corrected chi connectivity index (χ3v) is 8.31. The second-order valence-electron chi connectivity index (χ2n) is 7.31. The molecule has 0 atom stereocenters. The van der Waals surface area contributed by atoms with Crippen LogP contribution < -0.4 is 5.32 Å². The van der Waals surface area contributed by atoms with Crippen molar-refractivity contribution in [3.8, 4) is 0 Å². The van der Waals surface area contributed by atoms with Gasteiger partial charge in [0.05, 0.1) is 11.2 Å². The number of hydrogen-bond acceptors (Lipinski definition) is 6. The van der Waals surface area contributed by atoms with E-state index in [1.54, 1.807) is 6.92 Å². The van der Waals surface area contributed by atoms with Gasteiger partial charge in [-0.3, -0.25) is 10.1 Å². The first-order valence-electron chi connectivity index (χ1n) is 10.1. The fourth-order valence-electron chi connectivity index (χ4n) is 3.68. The Hall–Kier alpha value is -1.84. The minimum absolute atomic E-state index is 0.0723. The fourth-order valence-corrected chi connectivity index (χ4v) is 5.56.